The molecule has 100 valence electrons. The Morgan fingerprint density at radius 2 is 2.22 bits per heavy atom. The van der Waals surface area contributed by atoms with E-state index in [0.29, 0.717) is 18.3 Å². The lowest BCUT2D eigenvalue weighted by Gasteiger charge is -2.15. The number of hydrogen-bond donors (Lipinski definition) is 2. The molecule has 0 fully saturated rings. The van der Waals surface area contributed by atoms with E-state index in [-0.39, 0.29) is 19.1 Å². The lowest BCUT2D eigenvalue weighted by molar-refractivity contribution is -0.141. The molecule has 1 heterocycles. The van der Waals surface area contributed by atoms with Crippen molar-refractivity contribution in [1.82, 2.24) is 25.4 Å². The summed E-state index contributed by atoms with van der Waals surface area (Å²) in [7, 11) is 1.59. The number of hydrogen-bond acceptors (Lipinski definition) is 5. The van der Waals surface area contributed by atoms with Gasteiger partial charge in [0.2, 0.25) is 0 Å². The minimum Gasteiger partial charge on any atom is -0.465 e. The summed E-state index contributed by atoms with van der Waals surface area (Å²) in [5.41, 5.74) is 0. The summed E-state index contributed by atoms with van der Waals surface area (Å²) in [4.78, 5) is 28.1. The zero-order valence-corrected chi connectivity index (χ0v) is 10.7. The molecule has 1 aromatic heterocycles. The highest BCUT2D eigenvalue weighted by molar-refractivity contribution is 5.80. The number of ether oxygens (including phenoxy) is 1. The van der Waals surface area contributed by atoms with Crippen molar-refractivity contribution < 1.29 is 14.3 Å². The first-order chi connectivity index (χ1) is 8.52. The second-order valence-electron chi connectivity index (χ2n) is 3.66. The molecule has 0 aromatic carbocycles. The lowest BCUT2D eigenvalue weighted by atomic mass is 10.5. The van der Waals surface area contributed by atoms with Gasteiger partial charge in [0.05, 0.1) is 13.2 Å². The second kappa shape index (κ2) is 6.58. The number of aromatic nitrogens is 3. The van der Waals surface area contributed by atoms with Crippen LogP contribution in [-0.4, -0.2) is 52.3 Å². The summed E-state index contributed by atoms with van der Waals surface area (Å²) in [6.07, 6.45) is 0. The van der Waals surface area contributed by atoms with Crippen molar-refractivity contribution >= 4 is 12.0 Å². The van der Waals surface area contributed by atoms with E-state index in [0.717, 1.165) is 0 Å². The number of rotatable bonds is 5. The number of aryl methyl sites for hydroxylation is 1. The Labute approximate surface area is 105 Å². The third-order valence-electron chi connectivity index (χ3n) is 2.06. The van der Waals surface area contributed by atoms with E-state index in [1.165, 1.54) is 4.90 Å². The Morgan fingerprint density at radius 1 is 1.50 bits per heavy atom. The molecule has 2 amide bonds. The quantitative estimate of drug-likeness (QED) is 0.711. The number of carbonyl (C=O) groups excluding carboxylic acids is 2. The van der Waals surface area contributed by atoms with Gasteiger partial charge in [-0.05, 0) is 13.8 Å². The molecule has 0 spiro atoms. The van der Waals surface area contributed by atoms with Gasteiger partial charge in [-0.2, -0.15) is 5.10 Å². The molecule has 0 saturated heterocycles. The molecular weight excluding hydrogens is 238 g/mol. The molecule has 8 nitrogen and oxygen atoms in total. The van der Waals surface area contributed by atoms with Crippen LogP contribution in [-0.2, 0) is 16.1 Å². The van der Waals surface area contributed by atoms with Gasteiger partial charge < -0.3 is 15.0 Å². The van der Waals surface area contributed by atoms with Crippen LogP contribution in [0.25, 0.3) is 0 Å². The number of H-pyrrole nitrogens is 1. The molecule has 2 N–H and O–H groups in total. The second-order valence-corrected chi connectivity index (χ2v) is 3.66. The average Bonchev–Trinajstić information content (AvgIpc) is 2.72. The van der Waals surface area contributed by atoms with Gasteiger partial charge >= 0.3 is 12.0 Å². The number of carbonyl (C=O) groups is 2. The molecule has 0 aliphatic heterocycles. The third-order valence-corrected chi connectivity index (χ3v) is 2.06. The van der Waals surface area contributed by atoms with E-state index in [1.54, 1.807) is 20.9 Å². The highest BCUT2D eigenvalue weighted by atomic mass is 16.5. The van der Waals surface area contributed by atoms with E-state index in [1.807, 2.05) is 0 Å². The maximum absolute atomic E-state index is 11.6. The van der Waals surface area contributed by atoms with Gasteiger partial charge in [0.1, 0.15) is 12.4 Å². The van der Waals surface area contributed by atoms with Gasteiger partial charge in [-0.15, -0.1) is 0 Å². The molecule has 0 bridgehead atoms. The van der Waals surface area contributed by atoms with E-state index in [9.17, 15) is 9.59 Å². The van der Waals surface area contributed by atoms with E-state index in [4.69, 9.17) is 4.74 Å². The van der Waals surface area contributed by atoms with Crippen LogP contribution in [0.3, 0.4) is 0 Å². The standard InChI is InChI=1S/C10H17N5O3/c1-4-18-9(16)5-11-10(17)15(3)6-8-12-7(2)13-14-8/h4-6H2,1-3H3,(H,11,17)(H,12,13,14). The Kier molecular flexibility index (Phi) is 5.09. The summed E-state index contributed by atoms with van der Waals surface area (Å²) in [6, 6.07) is -0.384. The smallest absolute Gasteiger partial charge is 0.325 e. The molecule has 1 aromatic rings. The van der Waals surface area contributed by atoms with Crippen LogP contribution < -0.4 is 5.32 Å². The summed E-state index contributed by atoms with van der Waals surface area (Å²) < 4.78 is 4.69. The first kappa shape index (κ1) is 13.9. The van der Waals surface area contributed by atoms with E-state index in [2.05, 4.69) is 20.5 Å². The van der Waals surface area contributed by atoms with Crippen molar-refractivity contribution in [3.63, 3.8) is 0 Å². The monoisotopic (exact) mass is 255 g/mol. The number of nitrogens with zero attached hydrogens (tertiary/aromatic N) is 3. The number of urea groups is 1. The fourth-order valence-electron chi connectivity index (χ4n) is 1.24. The Hall–Kier alpha value is -2.12. The van der Waals surface area contributed by atoms with Crippen molar-refractivity contribution in [2.24, 2.45) is 0 Å². The predicted molar refractivity (Wildman–Crippen MR) is 62.6 cm³/mol. The maximum Gasteiger partial charge on any atom is 0.325 e. The van der Waals surface area contributed by atoms with Crippen molar-refractivity contribution in [1.29, 1.82) is 0 Å². The first-order valence-corrected chi connectivity index (χ1v) is 5.55. The van der Waals surface area contributed by atoms with Crippen LogP contribution in [0.15, 0.2) is 0 Å². The zero-order valence-electron chi connectivity index (χ0n) is 10.7. The van der Waals surface area contributed by atoms with Gasteiger partial charge in [0, 0.05) is 7.05 Å². The molecule has 0 atom stereocenters. The molecule has 1 rings (SSSR count). The van der Waals surface area contributed by atoms with Crippen LogP contribution in [0.1, 0.15) is 18.6 Å². The maximum atomic E-state index is 11.6. The highest BCUT2D eigenvalue weighted by Crippen LogP contribution is 1.96. The van der Waals surface area contributed by atoms with Crippen LogP contribution in [0, 0.1) is 6.92 Å². The Bertz CT molecular complexity index is 417. The summed E-state index contributed by atoms with van der Waals surface area (Å²) >= 11 is 0. The third kappa shape index (κ3) is 4.40. The molecule has 8 heteroatoms. The molecular formula is C10H17N5O3. The zero-order chi connectivity index (χ0) is 13.5. The topological polar surface area (TPSA) is 100 Å². The molecule has 0 radical (unpaired) electrons. The van der Waals surface area contributed by atoms with Crippen LogP contribution in [0.2, 0.25) is 0 Å². The molecule has 0 saturated carbocycles. The number of esters is 1. The summed E-state index contributed by atoms with van der Waals surface area (Å²) in [5.74, 6) is 0.736. The fourth-order valence-corrected chi connectivity index (χ4v) is 1.24. The van der Waals surface area contributed by atoms with Crippen molar-refractivity contribution in [3.05, 3.63) is 11.6 Å². The van der Waals surface area contributed by atoms with E-state index >= 15 is 0 Å². The normalized spacial score (nSPS) is 9.94. The molecule has 0 aliphatic rings. The van der Waals surface area contributed by atoms with Crippen LogP contribution in [0.4, 0.5) is 4.79 Å². The van der Waals surface area contributed by atoms with Gasteiger partial charge in [-0.25, -0.2) is 9.78 Å². The molecule has 18 heavy (non-hydrogen) atoms. The van der Waals surface area contributed by atoms with Gasteiger partial charge in [-0.1, -0.05) is 0 Å². The largest absolute Gasteiger partial charge is 0.465 e. The molecule has 0 unspecified atom stereocenters. The average molecular weight is 255 g/mol. The first-order valence-electron chi connectivity index (χ1n) is 5.55. The lowest BCUT2D eigenvalue weighted by Crippen LogP contribution is -2.40. The van der Waals surface area contributed by atoms with Gasteiger partial charge in [0.15, 0.2) is 5.82 Å². The van der Waals surface area contributed by atoms with Crippen molar-refractivity contribution in [2.75, 3.05) is 20.2 Å². The SMILES string of the molecule is CCOC(=O)CNC(=O)N(C)Cc1n[nH]c(C)n1. The predicted octanol–water partition coefficient (Wildman–Crippen LogP) is -0.182. The van der Waals surface area contributed by atoms with Crippen LogP contribution in [0.5, 0.6) is 0 Å². The number of amides is 2. The summed E-state index contributed by atoms with van der Waals surface area (Å²) in [6.45, 7) is 3.89. The number of nitrogens with one attached hydrogen (secondary N) is 2. The number of aromatic amines is 1. The Morgan fingerprint density at radius 3 is 2.78 bits per heavy atom. The van der Waals surface area contributed by atoms with Crippen molar-refractivity contribution in [2.45, 2.75) is 20.4 Å². The minimum atomic E-state index is -0.465. The Balaban J connectivity index is 2.35. The van der Waals surface area contributed by atoms with Gasteiger partial charge in [0.25, 0.3) is 0 Å². The fraction of sp³-hybridized carbons (Fsp3) is 0.600. The summed E-state index contributed by atoms with van der Waals surface area (Å²) in [5, 5.41) is 9.04. The molecule has 0 aliphatic carbocycles. The van der Waals surface area contributed by atoms with Crippen molar-refractivity contribution in [3.8, 4) is 0 Å². The van der Waals surface area contributed by atoms with Crippen LogP contribution >= 0.6 is 0 Å². The van der Waals surface area contributed by atoms with E-state index < -0.39 is 5.97 Å². The van der Waals surface area contributed by atoms with Gasteiger partial charge in [-0.3, -0.25) is 9.89 Å². The minimum absolute atomic E-state index is 0.149. The highest BCUT2D eigenvalue weighted by Gasteiger charge is 2.12.